The molecule has 2 rings (SSSR count). The van der Waals surface area contributed by atoms with Crippen LogP contribution in [-0.4, -0.2) is 17.0 Å². The van der Waals surface area contributed by atoms with Gasteiger partial charge in [-0.25, -0.2) is 0 Å². The molecule has 0 saturated carbocycles. The van der Waals surface area contributed by atoms with Crippen LogP contribution in [0.15, 0.2) is 26.1 Å². The van der Waals surface area contributed by atoms with Gasteiger partial charge in [0, 0.05) is 14.7 Å². The fraction of sp³-hybridized carbons (Fsp3) is 0.364. The van der Waals surface area contributed by atoms with E-state index in [0.717, 1.165) is 25.6 Å². The van der Waals surface area contributed by atoms with Crippen molar-refractivity contribution in [3.8, 4) is 0 Å². The highest BCUT2D eigenvalue weighted by atomic mass is 79.9. The quantitative estimate of drug-likeness (QED) is 0.798. The maximum Gasteiger partial charge on any atom is 0.161 e. The summed E-state index contributed by atoms with van der Waals surface area (Å²) in [6.07, 6.45) is 0. The smallest absolute Gasteiger partial charge is 0.161 e. The zero-order valence-electron chi connectivity index (χ0n) is 9.05. The molecule has 1 N–H and O–H groups in total. The Labute approximate surface area is 117 Å². The van der Waals surface area contributed by atoms with Gasteiger partial charge < -0.3 is 5.32 Å². The largest absolute Gasteiger partial charge is 0.333 e. The first-order valence-corrected chi connectivity index (χ1v) is 7.56. The van der Waals surface area contributed by atoms with Crippen molar-refractivity contribution in [2.24, 2.45) is 4.99 Å². The molecule has 2 nitrogen and oxygen atoms in total. The molecule has 0 bridgehead atoms. The zero-order chi connectivity index (χ0) is 11.7. The first-order valence-electron chi connectivity index (χ1n) is 4.99. The molecule has 0 fully saturated rings. The van der Waals surface area contributed by atoms with Crippen molar-refractivity contribution in [2.45, 2.75) is 19.9 Å². The SMILES string of the molecule is Cc1cc(Br)c(NC2=NC(C)CS2)c(Br)c1. The molecular weight excluding hydrogens is 352 g/mol. The van der Waals surface area contributed by atoms with Crippen LogP contribution in [0, 0.1) is 6.92 Å². The second-order valence-corrected chi connectivity index (χ2v) is 6.54. The van der Waals surface area contributed by atoms with E-state index in [2.05, 4.69) is 68.1 Å². The summed E-state index contributed by atoms with van der Waals surface area (Å²) in [6, 6.07) is 4.60. The zero-order valence-corrected chi connectivity index (χ0v) is 13.0. The number of nitrogens with one attached hydrogen (secondary N) is 1. The standard InChI is InChI=1S/C11H12Br2N2S/c1-6-3-8(12)10(9(13)4-6)15-11-14-7(2)5-16-11/h3-4,7H,5H2,1-2H3,(H,14,15). The monoisotopic (exact) mass is 362 g/mol. The predicted molar refractivity (Wildman–Crippen MR) is 79.6 cm³/mol. The van der Waals surface area contributed by atoms with Crippen molar-refractivity contribution in [2.75, 3.05) is 11.1 Å². The number of aliphatic imine (C=N–C) groups is 1. The molecule has 1 aromatic rings. The molecule has 1 atom stereocenters. The number of hydrogen-bond donors (Lipinski definition) is 1. The highest BCUT2D eigenvalue weighted by Crippen LogP contribution is 2.33. The van der Waals surface area contributed by atoms with Crippen molar-refractivity contribution < 1.29 is 0 Å². The minimum Gasteiger partial charge on any atom is -0.333 e. The minimum absolute atomic E-state index is 0.412. The van der Waals surface area contributed by atoms with Crippen LogP contribution in [-0.2, 0) is 0 Å². The molecule has 1 aliphatic rings. The number of anilines is 1. The molecule has 0 aliphatic carbocycles. The minimum atomic E-state index is 0.412. The highest BCUT2D eigenvalue weighted by Gasteiger charge is 2.16. The van der Waals surface area contributed by atoms with Gasteiger partial charge in [-0.15, -0.1) is 0 Å². The van der Waals surface area contributed by atoms with Crippen molar-refractivity contribution in [3.05, 3.63) is 26.6 Å². The average Bonchev–Trinajstić information content (AvgIpc) is 2.58. The lowest BCUT2D eigenvalue weighted by molar-refractivity contribution is 0.865. The lowest BCUT2D eigenvalue weighted by Gasteiger charge is -2.10. The molecule has 86 valence electrons. The second-order valence-electron chi connectivity index (χ2n) is 3.82. The Hall–Kier alpha value is -0.000000000000000111. The summed E-state index contributed by atoms with van der Waals surface area (Å²) in [5.41, 5.74) is 2.27. The van der Waals surface area contributed by atoms with Crippen LogP contribution in [0.5, 0.6) is 0 Å². The predicted octanol–water partition coefficient (Wildman–Crippen LogP) is 4.42. The Kier molecular flexibility index (Phi) is 3.97. The molecule has 1 heterocycles. The summed E-state index contributed by atoms with van der Waals surface area (Å²) in [4.78, 5) is 4.52. The summed E-state index contributed by atoms with van der Waals surface area (Å²) < 4.78 is 2.12. The van der Waals surface area contributed by atoms with E-state index in [4.69, 9.17) is 0 Å². The Morgan fingerprint density at radius 2 is 2.00 bits per heavy atom. The molecule has 16 heavy (non-hydrogen) atoms. The van der Waals surface area contributed by atoms with E-state index < -0.39 is 0 Å². The third-order valence-electron chi connectivity index (χ3n) is 2.22. The van der Waals surface area contributed by atoms with Gasteiger partial charge in [0.05, 0.1) is 11.7 Å². The van der Waals surface area contributed by atoms with Crippen LogP contribution in [0.1, 0.15) is 12.5 Å². The van der Waals surface area contributed by atoms with Gasteiger partial charge in [-0.3, -0.25) is 4.99 Å². The Balaban J connectivity index is 2.25. The Morgan fingerprint density at radius 1 is 1.38 bits per heavy atom. The maximum atomic E-state index is 4.52. The molecule has 0 saturated heterocycles. The molecule has 0 aromatic heterocycles. The number of halogens is 2. The fourth-order valence-corrected chi connectivity index (χ4v) is 3.98. The summed E-state index contributed by atoms with van der Waals surface area (Å²) in [5, 5.41) is 4.35. The van der Waals surface area contributed by atoms with Gasteiger partial charge >= 0.3 is 0 Å². The van der Waals surface area contributed by atoms with E-state index in [1.807, 2.05) is 0 Å². The summed E-state index contributed by atoms with van der Waals surface area (Å²) >= 11 is 8.89. The number of amidine groups is 1. The molecule has 1 aromatic carbocycles. The van der Waals surface area contributed by atoms with Gasteiger partial charge in [0.1, 0.15) is 0 Å². The molecule has 1 aliphatic heterocycles. The summed E-state index contributed by atoms with van der Waals surface area (Å²) in [6.45, 7) is 4.20. The van der Waals surface area contributed by atoms with Crippen LogP contribution in [0.4, 0.5) is 5.69 Å². The van der Waals surface area contributed by atoms with Crippen LogP contribution < -0.4 is 5.32 Å². The number of rotatable bonds is 1. The van der Waals surface area contributed by atoms with Gasteiger partial charge in [-0.2, -0.15) is 0 Å². The van der Waals surface area contributed by atoms with Crippen LogP contribution >= 0.6 is 43.6 Å². The van der Waals surface area contributed by atoms with Gasteiger partial charge in [0.25, 0.3) is 0 Å². The van der Waals surface area contributed by atoms with E-state index in [-0.39, 0.29) is 0 Å². The average molecular weight is 364 g/mol. The first kappa shape index (κ1) is 12.5. The Bertz CT molecular complexity index is 423. The number of hydrogen-bond acceptors (Lipinski definition) is 3. The normalized spacial score (nSPS) is 19.8. The number of thioether (sulfide) groups is 1. The lowest BCUT2D eigenvalue weighted by Crippen LogP contribution is -2.06. The molecule has 0 amide bonds. The number of benzene rings is 1. The fourth-order valence-electron chi connectivity index (χ4n) is 1.47. The van der Waals surface area contributed by atoms with E-state index in [9.17, 15) is 0 Å². The van der Waals surface area contributed by atoms with E-state index in [1.165, 1.54) is 5.56 Å². The van der Waals surface area contributed by atoms with Crippen molar-refractivity contribution >= 4 is 54.5 Å². The van der Waals surface area contributed by atoms with Crippen LogP contribution in [0.25, 0.3) is 0 Å². The molecule has 0 radical (unpaired) electrons. The third kappa shape index (κ3) is 2.81. The van der Waals surface area contributed by atoms with Gasteiger partial charge in [-0.1, -0.05) is 11.8 Å². The summed E-state index contributed by atoms with van der Waals surface area (Å²) in [7, 11) is 0. The van der Waals surface area contributed by atoms with Crippen molar-refractivity contribution in [1.82, 2.24) is 0 Å². The van der Waals surface area contributed by atoms with Gasteiger partial charge in [0.2, 0.25) is 0 Å². The second kappa shape index (κ2) is 5.10. The van der Waals surface area contributed by atoms with Crippen molar-refractivity contribution in [3.63, 3.8) is 0 Å². The summed E-state index contributed by atoms with van der Waals surface area (Å²) in [5.74, 6) is 1.06. The van der Waals surface area contributed by atoms with E-state index in [1.54, 1.807) is 11.8 Å². The van der Waals surface area contributed by atoms with Gasteiger partial charge in [0.15, 0.2) is 5.17 Å². The maximum absolute atomic E-state index is 4.52. The van der Waals surface area contributed by atoms with E-state index in [0.29, 0.717) is 6.04 Å². The van der Waals surface area contributed by atoms with Crippen LogP contribution in [0.2, 0.25) is 0 Å². The third-order valence-corrected chi connectivity index (χ3v) is 4.60. The number of aryl methyl sites for hydroxylation is 1. The number of nitrogens with zero attached hydrogens (tertiary/aromatic N) is 1. The molecule has 1 unspecified atom stereocenters. The molecule has 5 heteroatoms. The topological polar surface area (TPSA) is 24.4 Å². The molecule has 0 spiro atoms. The first-order chi connectivity index (χ1) is 7.56. The van der Waals surface area contributed by atoms with Crippen LogP contribution in [0.3, 0.4) is 0 Å². The highest BCUT2D eigenvalue weighted by molar-refractivity contribution is 9.11. The van der Waals surface area contributed by atoms with Gasteiger partial charge in [-0.05, 0) is 63.4 Å². The molecular formula is C11H12Br2N2S. The van der Waals surface area contributed by atoms with E-state index >= 15 is 0 Å². The lowest BCUT2D eigenvalue weighted by atomic mass is 10.2. The van der Waals surface area contributed by atoms with Crippen molar-refractivity contribution in [1.29, 1.82) is 0 Å². The Morgan fingerprint density at radius 3 is 2.50 bits per heavy atom.